The molecular formula is C12H17N5OS. The summed E-state index contributed by atoms with van der Waals surface area (Å²) < 4.78 is 1.68. The van der Waals surface area contributed by atoms with Crippen LogP contribution in [0.4, 0.5) is 10.8 Å². The van der Waals surface area contributed by atoms with Crippen LogP contribution in [0, 0.1) is 5.92 Å². The molecule has 0 saturated heterocycles. The molecule has 0 spiro atoms. The molecule has 0 aliphatic rings. The van der Waals surface area contributed by atoms with E-state index in [1.807, 2.05) is 19.3 Å². The topological polar surface area (TPSA) is 85.8 Å². The molecule has 0 bridgehead atoms. The number of carbonyl (C=O) groups is 1. The van der Waals surface area contributed by atoms with Crippen molar-refractivity contribution in [1.29, 1.82) is 0 Å². The molecule has 2 heterocycles. The van der Waals surface area contributed by atoms with E-state index in [-0.39, 0.29) is 5.69 Å². The van der Waals surface area contributed by atoms with Gasteiger partial charge in [-0.25, -0.2) is 4.98 Å². The predicted molar refractivity (Wildman–Crippen MR) is 75.7 cm³/mol. The van der Waals surface area contributed by atoms with E-state index in [2.05, 4.69) is 29.2 Å². The molecular weight excluding hydrogens is 262 g/mol. The number of hydrogen-bond donors (Lipinski definition) is 2. The minimum atomic E-state index is -0.523. The summed E-state index contributed by atoms with van der Waals surface area (Å²) in [6, 6.07) is 1.83. The molecule has 0 fully saturated rings. The molecule has 3 N–H and O–H groups in total. The molecule has 1 amide bonds. The van der Waals surface area contributed by atoms with Gasteiger partial charge in [-0.1, -0.05) is 13.8 Å². The van der Waals surface area contributed by atoms with E-state index in [1.54, 1.807) is 4.68 Å². The van der Waals surface area contributed by atoms with E-state index < -0.39 is 5.91 Å². The number of aryl methyl sites for hydroxylation is 1. The van der Waals surface area contributed by atoms with Crippen LogP contribution < -0.4 is 11.1 Å². The number of aromatic nitrogens is 3. The lowest BCUT2D eigenvalue weighted by Crippen LogP contribution is -2.13. The number of nitrogens with two attached hydrogens (primary N) is 1. The van der Waals surface area contributed by atoms with Crippen molar-refractivity contribution in [2.24, 2.45) is 18.7 Å². The zero-order chi connectivity index (χ0) is 14.0. The first kappa shape index (κ1) is 13.5. The van der Waals surface area contributed by atoms with Gasteiger partial charge >= 0.3 is 0 Å². The molecule has 2 aromatic rings. The number of amides is 1. The van der Waals surface area contributed by atoms with Gasteiger partial charge in [-0.3, -0.25) is 9.48 Å². The molecule has 6 nitrogen and oxygen atoms in total. The van der Waals surface area contributed by atoms with Gasteiger partial charge < -0.3 is 11.1 Å². The Kier molecular flexibility index (Phi) is 3.84. The normalized spacial score (nSPS) is 10.9. The van der Waals surface area contributed by atoms with E-state index >= 15 is 0 Å². The molecule has 2 rings (SSSR count). The third-order valence-electron chi connectivity index (χ3n) is 2.44. The predicted octanol–water partition coefficient (Wildman–Crippen LogP) is 1.92. The molecule has 0 radical (unpaired) electrons. The van der Waals surface area contributed by atoms with Gasteiger partial charge in [0, 0.05) is 25.7 Å². The maximum absolute atomic E-state index is 11.4. The Morgan fingerprint density at radius 2 is 2.32 bits per heavy atom. The Morgan fingerprint density at radius 1 is 1.58 bits per heavy atom. The Hall–Kier alpha value is -1.89. The van der Waals surface area contributed by atoms with Gasteiger partial charge in [0.15, 0.2) is 11.5 Å². The fourth-order valence-electron chi connectivity index (χ4n) is 1.65. The van der Waals surface area contributed by atoms with E-state index in [4.69, 9.17) is 5.73 Å². The lowest BCUT2D eigenvalue weighted by atomic mass is 10.1. The highest BCUT2D eigenvalue weighted by Gasteiger charge is 2.17. The molecule has 0 aromatic carbocycles. The molecule has 0 aliphatic carbocycles. The van der Waals surface area contributed by atoms with Crippen LogP contribution in [0.15, 0.2) is 12.3 Å². The number of rotatable bonds is 5. The van der Waals surface area contributed by atoms with Crippen LogP contribution in [0.2, 0.25) is 0 Å². The Bertz CT molecular complexity index is 587. The third-order valence-corrected chi connectivity index (χ3v) is 3.44. The van der Waals surface area contributed by atoms with Gasteiger partial charge in [-0.2, -0.15) is 5.10 Å². The van der Waals surface area contributed by atoms with E-state index in [0.29, 0.717) is 16.7 Å². The number of nitrogens with one attached hydrogen (secondary N) is 1. The molecule has 19 heavy (non-hydrogen) atoms. The quantitative estimate of drug-likeness (QED) is 0.875. The van der Waals surface area contributed by atoms with Crippen molar-refractivity contribution in [2.45, 2.75) is 20.3 Å². The maximum atomic E-state index is 11.4. The summed E-state index contributed by atoms with van der Waals surface area (Å²) in [7, 11) is 1.83. The molecule has 0 aliphatic heterocycles. The molecule has 102 valence electrons. The molecule has 7 heteroatoms. The third kappa shape index (κ3) is 3.31. The second-order valence-electron chi connectivity index (χ2n) is 4.75. The number of primary amides is 1. The van der Waals surface area contributed by atoms with Crippen LogP contribution in [-0.2, 0) is 13.5 Å². The monoisotopic (exact) mass is 279 g/mol. The Balaban J connectivity index is 2.27. The van der Waals surface area contributed by atoms with Crippen LogP contribution in [0.5, 0.6) is 0 Å². The van der Waals surface area contributed by atoms with Gasteiger partial charge in [0.2, 0.25) is 0 Å². The smallest absolute Gasteiger partial charge is 0.270 e. The van der Waals surface area contributed by atoms with Gasteiger partial charge in [-0.15, -0.1) is 11.3 Å². The minimum Gasteiger partial charge on any atom is -0.364 e. The van der Waals surface area contributed by atoms with Crippen molar-refractivity contribution in [3.63, 3.8) is 0 Å². The molecule has 2 aromatic heterocycles. The average Bonchev–Trinajstić information content (AvgIpc) is 2.85. The lowest BCUT2D eigenvalue weighted by Gasteiger charge is -2.00. The maximum Gasteiger partial charge on any atom is 0.270 e. The summed E-state index contributed by atoms with van der Waals surface area (Å²) in [5.74, 6) is 0.629. The second kappa shape index (κ2) is 5.40. The van der Waals surface area contributed by atoms with Crippen molar-refractivity contribution in [3.8, 4) is 0 Å². The highest BCUT2D eigenvalue weighted by atomic mass is 32.1. The first-order valence-corrected chi connectivity index (χ1v) is 6.83. The summed E-state index contributed by atoms with van der Waals surface area (Å²) in [6.07, 6.45) is 2.65. The zero-order valence-electron chi connectivity index (χ0n) is 11.2. The SMILES string of the molecule is CC(C)Cc1nc(C(N)=O)c(Nc2ccn(C)n2)s1. The summed E-state index contributed by atoms with van der Waals surface area (Å²) in [4.78, 5) is 15.7. The number of carbonyl (C=O) groups excluding carboxylic acids is 1. The molecule has 0 saturated carbocycles. The van der Waals surface area contributed by atoms with Gasteiger partial charge in [-0.05, 0) is 5.92 Å². The van der Waals surface area contributed by atoms with Crippen LogP contribution >= 0.6 is 11.3 Å². The van der Waals surface area contributed by atoms with Crippen LogP contribution in [-0.4, -0.2) is 20.7 Å². The molecule has 0 atom stereocenters. The summed E-state index contributed by atoms with van der Waals surface area (Å²) in [5, 5.41) is 8.86. The van der Waals surface area contributed by atoms with Gasteiger partial charge in [0.25, 0.3) is 5.91 Å². The first-order valence-electron chi connectivity index (χ1n) is 6.02. The van der Waals surface area contributed by atoms with Crippen molar-refractivity contribution >= 4 is 28.1 Å². The van der Waals surface area contributed by atoms with E-state index in [0.717, 1.165) is 11.4 Å². The molecule has 0 unspecified atom stereocenters. The highest BCUT2D eigenvalue weighted by Crippen LogP contribution is 2.28. The standard InChI is InChI=1S/C12H17N5OS/c1-7(2)6-9-15-10(11(13)18)12(19-9)14-8-4-5-17(3)16-8/h4-5,7H,6H2,1-3H3,(H2,13,18)(H,14,16). The second-order valence-corrected chi connectivity index (χ2v) is 5.83. The van der Waals surface area contributed by atoms with Gasteiger partial charge in [0.05, 0.1) is 5.01 Å². The summed E-state index contributed by atoms with van der Waals surface area (Å²) >= 11 is 1.45. The first-order chi connectivity index (χ1) is 8.95. The van der Waals surface area contributed by atoms with Crippen molar-refractivity contribution < 1.29 is 4.79 Å². The number of nitrogens with zero attached hydrogens (tertiary/aromatic N) is 3. The van der Waals surface area contributed by atoms with Crippen LogP contribution in [0.1, 0.15) is 29.3 Å². The van der Waals surface area contributed by atoms with E-state index in [1.165, 1.54) is 11.3 Å². The number of hydrogen-bond acceptors (Lipinski definition) is 5. The van der Waals surface area contributed by atoms with Crippen LogP contribution in [0.25, 0.3) is 0 Å². The summed E-state index contributed by atoms with van der Waals surface area (Å²) in [5.41, 5.74) is 5.64. The number of anilines is 2. The van der Waals surface area contributed by atoms with Gasteiger partial charge in [0.1, 0.15) is 5.00 Å². The fourth-order valence-corrected chi connectivity index (χ4v) is 2.84. The zero-order valence-corrected chi connectivity index (χ0v) is 12.0. The van der Waals surface area contributed by atoms with Crippen LogP contribution in [0.3, 0.4) is 0 Å². The van der Waals surface area contributed by atoms with Crippen molar-refractivity contribution in [3.05, 3.63) is 23.0 Å². The Labute approximate surface area is 115 Å². The highest BCUT2D eigenvalue weighted by molar-refractivity contribution is 7.16. The summed E-state index contributed by atoms with van der Waals surface area (Å²) in [6.45, 7) is 4.22. The van der Waals surface area contributed by atoms with Crippen molar-refractivity contribution in [2.75, 3.05) is 5.32 Å². The lowest BCUT2D eigenvalue weighted by molar-refractivity contribution is 0.0997. The average molecular weight is 279 g/mol. The fraction of sp³-hybridized carbons (Fsp3) is 0.417. The van der Waals surface area contributed by atoms with Crippen molar-refractivity contribution in [1.82, 2.24) is 14.8 Å². The minimum absolute atomic E-state index is 0.284. The largest absolute Gasteiger partial charge is 0.364 e. The number of thiazole rings is 1. The Morgan fingerprint density at radius 3 is 2.84 bits per heavy atom. The van der Waals surface area contributed by atoms with E-state index in [9.17, 15) is 4.79 Å².